The van der Waals surface area contributed by atoms with Gasteiger partial charge in [-0.2, -0.15) is 0 Å². The Kier molecular flexibility index (Phi) is 20.4. The SMILES string of the molecule is CCCCCCCCCC(CCCCCC=CC(=O)OC)OC(=O)CCCCC. The first-order chi connectivity index (χ1) is 14.1. The Balaban J connectivity index is 4.08. The van der Waals surface area contributed by atoms with E-state index in [0.717, 1.165) is 64.2 Å². The number of ether oxygens (including phenoxy) is 2. The van der Waals surface area contributed by atoms with Crippen LogP contribution in [-0.2, 0) is 19.1 Å². The van der Waals surface area contributed by atoms with Gasteiger partial charge in [0.25, 0.3) is 0 Å². The topological polar surface area (TPSA) is 52.6 Å². The molecule has 4 nitrogen and oxygen atoms in total. The van der Waals surface area contributed by atoms with Crippen molar-refractivity contribution < 1.29 is 19.1 Å². The summed E-state index contributed by atoms with van der Waals surface area (Å²) in [6.07, 6.45) is 22.2. The maximum absolute atomic E-state index is 12.1. The molecule has 0 radical (unpaired) electrons. The second-order valence-corrected chi connectivity index (χ2v) is 8.04. The third kappa shape index (κ3) is 19.8. The Hall–Kier alpha value is -1.32. The highest BCUT2D eigenvalue weighted by molar-refractivity contribution is 5.81. The minimum Gasteiger partial charge on any atom is -0.466 e. The summed E-state index contributed by atoms with van der Waals surface area (Å²) < 4.78 is 10.4. The number of unbranched alkanes of at least 4 members (excludes halogenated alkanes) is 11. The van der Waals surface area contributed by atoms with E-state index in [1.165, 1.54) is 51.7 Å². The Morgan fingerprint density at radius 1 is 0.759 bits per heavy atom. The zero-order valence-corrected chi connectivity index (χ0v) is 19.4. The Morgan fingerprint density at radius 3 is 1.93 bits per heavy atom. The molecule has 0 aliphatic heterocycles. The zero-order valence-electron chi connectivity index (χ0n) is 19.4. The highest BCUT2D eigenvalue weighted by atomic mass is 16.5. The van der Waals surface area contributed by atoms with Gasteiger partial charge < -0.3 is 9.47 Å². The van der Waals surface area contributed by atoms with Gasteiger partial charge in [0.15, 0.2) is 0 Å². The van der Waals surface area contributed by atoms with Gasteiger partial charge in [-0.1, -0.05) is 77.7 Å². The van der Waals surface area contributed by atoms with Crippen molar-refractivity contribution in [1.82, 2.24) is 0 Å². The third-order valence-electron chi connectivity index (χ3n) is 5.26. The van der Waals surface area contributed by atoms with Crippen molar-refractivity contribution in [2.45, 2.75) is 129 Å². The molecule has 0 N–H and O–H groups in total. The molecule has 0 fully saturated rings. The Morgan fingerprint density at radius 2 is 1.31 bits per heavy atom. The minimum absolute atomic E-state index is 0.0209. The number of methoxy groups -OCH3 is 1. The van der Waals surface area contributed by atoms with Crippen LogP contribution < -0.4 is 0 Å². The van der Waals surface area contributed by atoms with E-state index in [-0.39, 0.29) is 18.0 Å². The number of carbonyl (C=O) groups excluding carboxylic acids is 2. The molecule has 0 bridgehead atoms. The van der Waals surface area contributed by atoms with E-state index in [1.54, 1.807) is 0 Å². The lowest BCUT2D eigenvalue weighted by Crippen LogP contribution is -2.18. The maximum atomic E-state index is 12.1. The van der Waals surface area contributed by atoms with Gasteiger partial charge in [-0.25, -0.2) is 4.79 Å². The third-order valence-corrected chi connectivity index (χ3v) is 5.26. The lowest BCUT2D eigenvalue weighted by atomic mass is 10.0. The van der Waals surface area contributed by atoms with Crippen LogP contribution in [0.15, 0.2) is 12.2 Å². The van der Waals surface area contributed by atoms with Crippen LogP contribution in [0.4, 0.5) is 0 Å². The summed E-state index contributed by atoms with van der Waals surface area (Å²) in [7, 11) is 1.39. The van der Waals surface area contributed by atoms with E-state index in [2.05, 4.69) is 18.6 Å². The summed E-state index contributed by atoms with van der Waals surface area (Å²) in [5.41, 5.74) is 0. The van der Waals surface area contributed by atoms with E-state index in [1.807, 2.05) is 6.08 Å². The van der Waals surface area contributed by atoms with Crippen LogP contribution >= 0.6 is 0 Å². The van der Waals surface area contributed by atoms with Gasteiger partial charge in [0.2, 0.25) is 0 Å². The quantitative estimate of drug-likeness (QED) is 0.120. The molecule has 29 heavy (non-hydrogen) atoms. The minimum atomic E-state index is -0.297. The number of hydrogen-bond acceptors (Lipinski definition) is 4. The molecule has 0 rings (SSSR count). The number of rotatable bonds is 20. The van der Waals surface area contributed by atoms with E-state index >= 15 is 0 Å². The molecule has 0 aliphatic carbocycles. The van der Waals surface area contributed by atoms with Gasteiger partial charge in [0.1, 0.15) is 6.10 Å². The fourth-order valence-corrected chi connectivity index (χ4v) is 3.41. The molecule has 0 aromatic rings. The van der Waals surface area contributed by atoms with Gasteiger partial charge in [-0.3, -0.25) is 4.79 Å². The van der Waals surface area contributed by atoms with E-state index < -0.39 is 0 Å². The normalized spacial score (nSPS) is 12.2. The summed E-state index contributed by atoms with van der Waals surface area (Å²) in [6, 6.07) is 0. The molecule has 0 aromatic carbocycles. The average Bonchev–Trinajstić information content (AvgIpc) is 2.72. The van der Waals surface area contributed by atoms with E-state index in [0.29, 0.717) is 6.42 Å². The molecule has 0 aliphatic rings. The first-order valence-electron chi connectivity index (χ1n) is 12.1. The van der Waals surface area contributed by atoms with Crippen molar-refractivity contribution >= 4 is 11.9 Å². The monoisotopic (exact) mass is 410 g/mol. The van der Waals surface area contributed by atoms with Crippen molar-refractivity contribution in [3.8, 4) is 0 Å². The van der Waals surface area contributed by atoms with Crippen LogP contribution in [0.1, 0.15) is 123 Å². The van der Waals surface area contributed by atoms with Crippen LogP contribution in [0, 0.1) is 0 Å². The molecule has 0 amide bonds. The molecule has 0 heterocycles. The summed E-state index contributed by atoms with van der Waals surface area (Å²) in [5, 5.41) is 0. The molecule has 0 aromatic heterocycles. The largest absolute Gasteiger partial charge is 0.466 e. The second-order valence-electron chi connectivity index (χ2n) is 8.04. The lowest BCUT2D eigenvalue weighted by molar-refractivity contribution is -0.150. The predicted octanol–water partition coefficient (Wildman–Crippen LogP) is 7.30. The highest BCUT2D eigenvalue weighted by Crippen LogP contribution is 2.17. The number of esters is 2. The van der Waals surface area contributed by atoms with Gasteiger partial charge >= 0.3 is 11.9 Å². The van der Waals surface area contributed by atoms with Crippen molar-refractivity contribution in [1.29, 1.82) is 0 Å². The van der Waals surface area contributed by atoms with Crippen LogP contribution in [0.2, 0.25) is 0 Å². The Labute approximate surface area is 179 Å². The fraction of sp³-hybridized carbons (Fsp3) is 0.840. The fourth-order valence-electron chi connectivity index (χ4n) is 3.41. The van der Waals surface area contributed by atoms with Crippen LogP contribution in [0.25, 0.3) is 0 Å². The predicted molar refractivity (Wildman–Crippen MR) is 121 cm³/mol. The second kappa shape index (κ2) is 21.4. The first kappa shape index (κ1) is 27.7. The van der Waals surface area contributed by atoms with Crippen LogP contribution in [-0.4, -0.2) is 25.2 Å². The molecule has 0 spiro atoms. The summed E-state index contributed by atoms with van der Waals surface area (Å²) in [6.45, 7) is 4.39. The van der Waals surface area contributed by atoms with Gasteiger partial charge in [0, 0.05) is 12.5 Å². The van der Waals surface area contributed by atoms with E-state index in [9.17, 15) is 9.59 Å². The zero-order chi connectivity index (χ0) is 21.6. The summed E-state index contributed by atoms with van der Waals surface area (Å²) in [4.78, 5) is 23.2. The van der Waals surface area contributed by atoms with Crippen LogP contribution in [0.5, 0.6) is 0 Å². The molecular weight excluding hydrogens is 364 g/mol. The molecule has 1 atom stereocenters. The number of carbonyl (C=O) groups is 2. The van der Waals surface area contributed by atoms with Gasteiger partial charge in [-0.05, 0) is 44.9 Å². The van der Waals surface area contributed by atoms with Crippen molar-refractivity contribution in [2.24, 2.45) is 0 Å². The van der Waals surface area contributed by atoms with Gasteiger partial charge in [-0.15, -0.1) is 0 Å². The van der Waals surface area contributed by atoms with Crippen molar-refractivity contribution in [3.05, 3.63) is 12.2 Å². The average molecular weight is 411 g/mol. The molecule has 4 heteroatoms. The maximum Gasteiger partial charge on any atom is 0.330 e. The Bertz CT molecular complexity index is 417. The van der Waals surface area contributed by atoms with Crippen molar-refractivity contribution in [2.75, 3.05) is 7.11 Å². The van der Waals surface area contributed by atoms with Crippen molar-refractivity contribution in [3.63, 3.8) is 0 Å². The standard InChI is InChI=1S/C25H46O4/c1-4-6-8-9-10-12-16-19-23(29-25(27)22-15-7-5-2)20-17-13-11-14-18-21-24(26)28-3/h18,21,23H,4-17,19-20,22H2,1-3H3. The van der Waals surface area contributed by atoms with E-state index in [4.69, 9.17) is 4.74 Å². The number of hydrogen-bond donors (Lipinski definition) is 0. The first-order valence-corrected chi connectivity index (χ1v) is 12.1. The molecule has 0 saturated heterocycles. The highest BCUT2D eigenvalue weighted by Gasteiger charge is 2.14. The molecule has 1 unspecified atom stereocenters. The lowest BCUT2D eigenvalue weighted by Gasteiger charge is -2.18. The summed E-state index contributed by atoms with van der Waals surface area (Å²) >= 11 is 0. The number of allylic oxidation sites excluding steroid dienone is 1. The molecular formula is C25H46O4. The van der Waals surface area contributed by atoms with Crippen LogP contribution in [0.3, 0.4) is 0 Å². The molecule has 170 valence electrons. The summed E-state index contributed by atoms with van der Waals surface area (Å²) in [5.74, 6) is -0.317. The van der Waals surface area contributed by atoms with Gasteiger partial charge in [0.05, 0.1) is 7.11 Å². The molecule has 0 saturated carbocycles. The smallest absolute Gasteiger partial charge is 0.330 e.